The Hall–Kier alpha value is -3.07. The van der Waals surface area contributed by atoms with Crippen molar-refractivity contribution in [3.05, 3.63) is 41.3 Å². The van der Waals surface area contributed by atoms with Crippen molar-refractivity contribution in [3.63, 3.8) is 0 Å². The Morgan fingerprint density at radius 3 is 2.42 bits per heavy atom. The molecule has 0 spiro atoms. The van der Waals surface area contributed by atoms with Crippen molar-refractivity contribution in [1.82, 2.24) is 20.3 Å². The van der Waals surface area contributed by atoms with Crippen molar-refractivity contribution in [2.45, 2.75) is 20.8 Å². The van der Waals surface area contributed by atoms with Gasteiger partial charge in [-0.25, -0.2) is 0 Å². The van der Waals surface area contributed by atoms with Gasteiger partial charge in [-0.1, -0.05) is 5.16 Å². The molecule has 2 amide bonds. The maximum absolute atomic E-state index is 12.5. The second kappa shape index (κ2) is 10.8. The van der Waals surface area contributed by atoms with Gasteiger partial charge in [0.1, 0.15) is 5.76 Å². The number of rotatable bonds is 9. The van der Waals surface area contributed by atoms with Crippen molar-refractivity contribution in [2.75, 3.05) is 52.5 Å². The van der Waals surface area contributed by atoms with Gasteiger partial charge >= 0.3 is 0 Å². The average Bonchev–Trinajstić information content (AvgIpc) is 3.21. The predicted octanol–water partition coefficient (Wildman–Crippen LogP) is 1.97. The van der Waals surface area contributed by atoms with Crippen LogP contribution in [0.4, 0.5) is 0 Å². The number of piperazine rings is 1. The highest BCUT2D eigenvalue weighted by Gasteiger charge is 2.24. The van der Waals surface area contributed by atoms with Gasteiger partial charge in [0.15, 0.2) is 17.2 Å². The maximum Gasteiger partial charge on any atom is 0.276 e. The van der Waals surface area contributed by atoms with Gasteiger partial charge in [-0.05, 0) is 39.0 Å². The Bertz CT molecular complexity index is 890. The maximum atomic E-state index is 12.5. The zero-order valence-corrected chi connectivity index (χ0v) is 18.3. The topological polar surface area (TPSA) is 97.1 Å². The van der Waals surface area contributed by atoms with Gasteiger partial charge in [-0.15, -0.1) is 0 Å². The van der Waals surface area contributed by atoms with E-state index in [1.807, 2.05) is 13.8 Å². The van der Waals surface area contributed by atoms with Gasteiger partial charge in [0, 0.05) is 50.9 Å². The first-order chi connectivity index (χ1) is 15.0. The lowest BCUT2D eigenvalue weighted by atomic mass is 10.2. The Kier molecular flexibility index (Phi) is 7.88. The van der Waals surface area contributed by atoms with E-state index in [1.54, 1.807) is 36.1 Å². The number of benzene rings is 1. The molecule has 0 atom stereocenters. The van der Waals surface area contributed by atoms with E-state index in [9.17, 15) is 9.59 Å². The highest BCUT2D eigenvalue weighted by molar-refractivity contribution is 5.95. The molecule has 1 N–H and O–H groups in total. The van der Waals surface area contributed by atoms with E-state index in [1.165, 1.54) is 0 Å². The molecule has 1 aliphatic rings. The van der Waals surface area contributed by atoms with Crippen LogP contribution in [0.3, 0.4) is 0 Å². The molecule has 1 saturated heterocycles. The summed E-state index contributed by atoms with van der Waals surface area (Å²) in [5.74, 6) is 1.57. The fourth-order valence-electron chi connectivity index (χ4n) is 3.43. The molecule has 2 aromatic rings. The van der Waals surface area contributed by atoms with Gasteiger partial charge in [-0.2, -0.15) is 0 Å². The summed E-state index contributed by atoms with van der Waals surface area (Å²) in [6, 6.07) is 6.86. The van der Waals surface area contributed by atoms with E-state index in [-0.39, 0.29) is 11.8 Å². The van der Waals surface area contributed by atoms with Gasteiger partial charge in [0.05, 0.1) is 13.2 Å². The lowest BCUT2D eigenvalue weighted by Gasteiger charge is -2.34. The Labute approximate surface area is 182 Å². The van der Waals surface area contributed by atoms with E-state index in [0.717, 1.165) is 13.1 Å². The first kappa shape index (κ1) is 22.6. The molecule has 9 heteroatoms. The molecular formula is C22H30N4O5. The molecule has 0 saturated carbocycles. The minimum atomic E-state index is -0.154. The summed E-state index contributed by atoms with van der Waals surface area (Å²) in [6.45, 7) is 10.6. The molecule has 0 aliphatic carbocycles. The lowest BCUT2D eigenvalue weighted by Crippen LogP contribution is -2.50. The summed E-state index contributed by atoms with van der Waals surface area (Å²) in [5, 5.41) is 6.75. The third-order valence-electron chi connectivity index (χ3n) is 5.03. The molecule has 1 fully saturated rings. The second-order valence-corrected chi connectivity index (χ2v) is 7.24. The zero-order valence-electron chi connectivity index (χ0n) is 18.3. The van der Waals surface area contributed by atoms with E-state index in [2.05, 4.69) is 15.4 Å². The van der Waals surface area contributed by atoms with E-state index in [0.29, 0.717) is 67.9 Å². The van der Waals surface area contributed by atoms with Crippen LogP contribution in [-0.4, -0.2) is 79.3 Å². The Morgan fingerprint density at radius 2 is 1.77 bits per heavy atom. The molecule has 0 bridgehead atoms. The Morgan fingerprint density at radius 1 is 1.06 bits per heavy atom. The van der Waals surface area contributed by atoms with Crippen molar-refractivity contribution < 1.29 is 23.6 Å². The largest absolute Gasteiger partial charge is 0.490 e. The second-order valence-electron chi connectivity index (χ2n) is 7.24. The van der Waals surface area contributed by atoms with Gasteiger partial charge in [-0.3, -0.25) is 14.5 Å². The number of amides is 2. The monoisotopic (exact) mass is 430 g/mol. The number of carbonyl (C=O) groups excluding carboxylic acids is 2. The normalized spacial score (nSPS) is 14.4. The predicted molar refractivity (Wildman–Crippen MR) is 115 cm³/mol. The Balaban J connectivity index is 1.44. The number of carbonyl (C=O) groups is 2. The van der Waals surface area contributed by atoms with Crippen molar-refractivity contribution >= 4 is 11.8 Å². The molecule has 9 nitrogen and oxygen atoms in total. The minimum Gasteiger partial charge on any atom is -0.490 e. The SMILES string of the molecule is CCOc1ccc(C(=O)NCCN2CCN(C(=O)c3cc(C)on3)CC2)cc1OCC. The fourth-order valence-corrected chi connectivity index (χ4v) is 3.43. The van der Waals surface area contributed by atoms with Crippen LogP contribution in [0, 0.1) is 6.92 Å². The molecule has 1 aliphatic heterocycles. The number of hydrogen-bond acceptors (Lipinski definition) is 7. The van der Waals surface area contributed by atoms with Crippen molar-refractivity contribution in [2.24, 2.45) is 0 Å². The first-order valence-corrected chi connectivity index (χ1v) is 10.6. The smallest absolute Gasteiger partial charge is 0.276 e. The van der Waals surface area contributed by atoms with Gasteiger partial charge in [0.2, 0.25) is 0 Å². The molecule has 1 aromatic heterocycles. The van der Waals surface area contributed by atoms with E-state index in [4.69, 9.17) is 14.0 Å². The molecule has 0 radical (unpaired) electrons. The van der Waals surface area contributed by atoms with Crippen LogP contribution in [-0.2, 0) is 0 Å². The van der Waals surface area contributed by atoms with Crippen LogP contribution >= 0.6 is 0 Å². The zero-order chi connectivity index (χ0) is 22.2. The number of nitrogens with one attached hydrogen (secondary N) is 1. The number of ether oxygens (including phenoxy) is 2. The summed E-state index contributed by atoms with van der Waals surface area (Å²) in [4.78, 5) is 28.9. The average molecular weight is 431 g/mol. The molecule has 0 unspecified atom stereocenters. The highest BCUT2D eigenvalue weighted by Crippen LogP contribution is 2.28. The van der Waals surface area contributed by atoms with Crippen LogP contribution in [0.5, 0.6) is 11.5 Å². The molecule has 3 rings (SSSR count). The molecular weight excluding hydrogens is 400 g/mol. The standard InChI is InChI=1S/C22H30N4O5/c1-4-29-19-7-6-17(15-20(19)30-5-2)21(27)23-8-9-25-10-12-26(13-11-25)22(28)18-14-16(3)31-24-18/h6-7,14-15H,4-5,8-13H2,1-3H3,(H,23,27). The van der Waals surface area contributed by atoms with Crippen molar-refractivity contribution in [1.29, 1.82) is 0 Å². The van der Waals surface area contributed by atoms with Crippen molar-refractivity contribution in [3.8, 4) is 11.5 Å². The number of hydrogen-bond donors (Lipinski definition) is 1. The first-order valence-electron chi connectivity index (χ1n) is 10.6. The van der Waals surface area contributed by atoms with Crippen LogP contribution in [0.1, 0.15) is 40.5 Å². The lowest BCUT2D eigenvalue weighted by molar-refractivity contribution is 0.0628. The van der Waals surface area contributed by atoms with Gasteiger partial charge in [0.25, 0.3) is 11.8 Å². The molecule has 1 aromatic carbocycles. The minimum absolute atomic E-state index is 0.106. The van der Waals surface area contributed by atoms with Crippen LogP contribution < -0.4 is 14.8 Å². The summed E-state index contributed by atoms with van der Waals surface area (Å²) >= 11 is 0. The van der Waals surface area contributed by atoms with E-state index < -0.39 is 0 Å². The van der Waals surface area contributed by atoms with Crippen LogP contribution in [0.2, 0.25) is 0 Å². The number of nitrogens with zero attached hydrogens (tertiary/aromatic N) is 3. The van der Waals surface area contributed by atoms with Crippen LogP contribution in [0.15, 0.2) is 28.8 Å². The fraction of sp³-hybridized carbons (Fsp3) is 0.500. The third-order valence-corrected chi connectivity index (χ3v) is 5.03. The van der Waals surface area contributed by atoms with Crippen LogP contribution in [0.25, 0.3) is 0 Å². The summed E-state index contributed by atoms with van der Waals surface area (Å²) in [5.41, 5.74) is 0.880. The summed E-state index contributed by atoms with van der Waals surface area (Å²) in [7, 11) is 0. The van der Waals surface area contributed by atoms with E-state index >= 15 is 0 Å². The summed E-state index contributed by atoms with van der Waals surface area (Å²) < 4.78 is 16.1. The number of aryl methyl sites for hydroxylation is 1. The highest BCUT2D eigenvalue weighted by atomic mass is 16.5. The number of aromatic nitrogens is 1. The summed E-state index contributed by atoms with van der Waals surface area (Å²) in [6.07, 6.45) is 0. The van der Waals surface area contributed by atoms with Gasteiger partial charge < -0.3 is 24.2 Å². The third kappa shape index (κ3) is 5.97. The molecule has 168 valence electrons. The molecule has 31 heavy (non-hydrogen) atoms. The molecule has 2 heterocycles. The quantitative estimate of drug-likeness (QED) is 0.650.